The summed E-state index contributed by atoms with van der Waals surface area (Å²) >= 11 is 0. The van der Waals surface area contributed by atoms with Crippen molar-refractivity contribution in [2.75, 3.05) is 14.2 Å². The second-order valence-corrected chi connectivity index (χ2v) is 5.00. The second kappa shape index (κ2) is 4.69. The number of methoxy groups -OCH3 is 2. The van der Waals surface area contributed by atoms with Gasteiger partial charge in [-0.25, -0.2) is 0 Å². The standard InChI is InChI=1S/C14H21NO3/c1-9(2)18-12-10(14(15)7-8-14)5-6-11(16-3)13(12)17-4/h5-6,9H,7-8,15H2,1-4H3. The SMILES string of the molecule is COc1ccc(C2(N)CC2)c(OC(C)C)c1OC. The van der Waals surface area contributed by atoms with Gasteiger partial charge in [0.25, 0.3) is 0 Å². The molecule has 1 aromatic rings. The van der Waals surface area contributed by atoms with Crippen LogP contribution in [0.5, 0.6) is 17.2 Å². The van der Waals surface area contributed by atoms with Crippen LogP contribution in [0.25, 0.3) is 0 Å². The number of ether oxygens (including phenoxy) is 3. The van der Waals surface area contributed by atoms with Crippen LogP contribution in [-0.2, 0) is 5.54 Å². The summed E-state index contributed by atoms with van der Waals surface area (Å²) < 4.78 is 16.6. The first kappa shape index (κ1) is 13.0. The molecule has 0 atom stereocenters. The quantitative estimate of drug-likeness (QED) is 0.873. The minimum atomic E-state index is -0.260. The molecule has 0 radical (unpaired) electrons. The Morgan fingerprint density at radius 1 is 1.11 bits per heavy atom. The summed E-state index contributed by atoms with van der Waals surface area (Å²) in [4.78, 5) is 0. The molecule has 1 aliphatic carbocycles. The van der Waals surface area contributed by atoms with Crippen molar-refractivity contribution in [3.63, 3.8) is 0 Å². The highest BCUT2D eigenvalue weighted by atomic mass is 16.5. The largest absolute Gasteiger partial charge is 0.493 e. The van der Waals surface area contributed by atoms with Crippen LogP contribution in [0.3, 0.4) is 0 Å². The van der Waals surface area contributed by atoms with Gasteiger partial charge in [-0.1, -0.05) is 0 Å². The third kappa shape index (κ3) is 2.25. The van der Waals surface area contributed by atoms with Gasteiger partial charge in [-0.2, -0.15) is 0 Å². The molecular formula is C14H21NO3. The second-order valence-electron chi connectivity index (χ2n) is 5.00. The van der Waals surface area contributed by atoms with Crippen LogP contribution in [-0.4, -0.2) is 20.3 Å². The van der Waals surface area contributed by atoms with Crippen molar-refractivity contribution in [1.82, 2.24) is 0 Å². The molecule has 0 saturated heterocycles. The van der Waals surface area contributed by atoms with E-state index in [0.717, 1.165) is 18.4 Å². The van der Waals surface area contributed by atoms with Gasteiger partial charge in [0, 0.05) is 11.1 Å². The van der Waals surface area contributed by atoms with Crippen molar-refractivity contribution >= 4 is 0 Å². The lowest BCUT2D eigenvalue weighted by Crippen LogP contribution is -2.21. The fourth-order valence-electron chi connectivity index (χ4n) is 2.05. The van der Waals surface area contributed by atoms with Crippen molar-refractivity contribution in [2.45, 2.75) is 38.3 Å². The van der Waals surface area contributed by atoms with Gasteiger partial charge in [0.15, 0.2) is 11.5 Å². The topological polar surface area (TPSA) is 53.7 Å². The number of nitrogens with two attached hydrogens (primary N) is 1. The van der Waals surface area contributed by atoms with E-state index in [-0.39, 0.29) is 11.6 Å². The molecule has 18 heavy (non-hydrogen) atoms. The summed E-state index contributed by atoms with van der Waals surface area (Å²) in [6.45, 7) is 3.97. The van der Waals surface area contributed by atoms with Crippen molar-refractivity contribution in [2.24, 2.45) is 5.73 Å². The van der Waals surface area contributed by atoms with E-state index in [2.05, 4.69) is 0 Å². The van der Waals surface area contributed by atoms with E-state index in [1.54, 1.807) is 14.2 Å². The van der Waals surface area contributed by atoms with E-state index in [4.69, 9.17) is 19.9 Å². The lowest BCUT2D eigenvalue weighted by molar-refractivity contribution is 0.222. The molecule has 0 unspecified atom stereocenters. The predicted molar refractivity (Wildman–Crippen MR) is 70.4 cm³/mol. The van der Waals surface area contributed by atoms with Crippen LogP contribution in [0.1, 0.15) is 32.3 Å². The van der Waals surface area contributed by atoms with Crippen LogP contribution in [0.4, 0.5) is 0 Å². The lowest BCUT2D eigenvalue weighted by atomic mass is 10.0. The molecule has 2 rings (SSSR count). The molecule has 0 aromatic heterocycles. The van der Waals surface area contributed by atoms with E-state index >= 15 is 0 Å². The zero-order valence-electron chi connectivity index (χ0n) is 11.4. The summed E-state index contributed by atoms with van der Waals surface area (Å²) in [6.07, 6.45) is 2.03. The number of benzene rings is 1. The molecule has 0 amide bonds. The zero-order valence-corrected chi connectivity index (χ0v) is 11.4. The number of hydrogen-bond acceptors (Lipinski definition) is 4. The van der Waals surface area contributed by atoms with Crippen molar-refractivity contribution < 1.29 is 14.2 Å². The van der Waals surface area contributed by atoms with Gasteiger partial charge in [-0.3, -0.25) is 0 Å². The Labute approximate surface area is 108 Å². The summed E-state index contributed by atoms with van der Waals surface area (Å²) in [5.74, 6) is 2.01. The maximum absolute atomic E-state index is 6.28. The lowest BCUT2D eigenvalue weighted by Gasteiger charge is -2.22. The Hall–Kier alpha value is -1.42. The number of rotatable bonds is 5. The minimum absolute atomic E-state index is 0.0621. The van der Waals surface area contributed by atoms with Crippen molar-refractivity contribution in [3.8, 4) is 17.2 Å². The summed E-state index contributed by atoms with van der Waals surface area (Å²) in [6, 6.07) is 3.86. The van der Waals surface area contributed by atoms with Crippen LogP contribution < -0.4 is 19.9 Å². The maximum Gasteiger partial charge on any atom is 0.203 e. The highest BCUT2D eigenvalue weighted by Crippen LogP contribution is 2.51. The summed E-state index contributed by atoms with van der Waals surface area (Å²) in [5, 5.41) is 0. The van der Waals surface area contributed by atoms with Gasteiger partial charge in [0.2, 0.25) is 5.75 Å². The van der Waals surface area contributed by atoms with Gasteiger partial charge in [0.1, 0.15) is 0 Å². The van der Waals surface area contributed by atoms with Crippen LogP contribution in [0.2, 0.25) is 0 Å². The monoisotopic (exact) mass is 251 g/mol. The summed E-state index contributed by atoms with van der Waals surface area (Å²) in [7, 11) is 3.23. The van der Waals surface area contributed by atoms with Crippen LogP contribution in [0.15, 0.2) is 12.1 Å². The fraction of sp³-hybridized carbons (Fsp3) is 0.571. The average molecular weight is 251 g/mol. The average Bonchev–Trinajstić information content (AvgIpc) is 3.06. The fourth-order valence-corrected chi connectivity index (χ4v) is 2.05. The molecule has 4 heteroatoms. The molecule has 0 spiro atoms. The maximum atomic E-state index is 6.28. The zero-order chi connectivity index (χ0) is 13.3. The third-order valence-corrected chi connectivity index (χ3v) is 3.18. The van der Waals surface area contributed by atoms with Gasteiger partial charge >= 0.3 is 0 Å². The smallest absolute Gasteiger partial charge is 0.203 e. The molecule has 4 nitrogen and oxygen atoms in total. The van der Waals surface area contributed by atoms with E-state index in [0.29, 0.717) is 17.2 Å². The van der Waals surface area contributed by atoms with Gasteiger partial charge in [-0.05, 0) is 38.8 Å². The van der Waals surface area contributed by atoms with Crippen LogP contribution >= 0.6 is 0 Å². The van der Waals surface area contributed by atoms with Crippen molar-refractivity contribution in [1.29, 1.82) is 0 Å². The third-order valence-electron chi connectivity index (χ3n) is 3.18. The van der Waals surface area contributed by atoms with Crippen molar-refractivity contribution in [3.05, 3.63) is 17.7 Å². The van der Waals surface area contributed by atoms with E-state index < -0.39 is 0 Å². The molecular weight excluding hydrogens is 230 g/mol. The summed E-state index contributed by atoms with van der Waals surface area (Å²) in [5.41, 5.74) is 7.03. The number of hydrogen-bond donors (Lipinski definition) is 1. The van der Waals surface area contributed by atoms with Gasteiger partial charge in [-0.15, -0.1) is 0 Å². The minimum Gasteiger partial charge on any atom is -0.493 e. The molecule has 0 aliphatic heterocycles. The highest BCUT2D eigenvalue weighted by molar-refractivity contribution is 5.59. The Morgan fingerprint density at radius 3 is 2.22 bits per heavy atom. The molecule has 0 bridgehead atoms. The first-order valence-electron chi connectivity index (χ1n) is 6.23. The molecule has 1 saturated carbocycles. The van der Waals surface area contributed by atoms with Gasteiger partial charge < -0.3 is 19.9 Å². The Morgan fingerprint density at radius 2 is 1.78 bits per heavy atom. The molecule has 1 fully saturated rings. The Bertz CT molecular complexity index is 439. The van der Waals surface area contributed by atoms with Crippen LogP contribution in [0, 0.1) is 0 Å². The van der Waals surface area contributed by atoms with E-state index in [1.807, 2.05) is 26.0 Å². The molecule has 1 aliphatic rings. The Balaban J connectivity index is 2.52. The predicted octanol–water partition coefficient (Wildman–Crippen LogP) is 2.44. The normalized spacial score (nSPS) is 16.6. The first-order valence-corrected chi connectivity index (χ1v) is 6.23. The molecule has 1 aromatic carbocycles. The van der Waals surface area contributed by atoms with E-state index in [1.165, 1.54) is 0 Å². The molecule has 2 N–H and O–H groups in total. The van der Waals surface area contributed by atoms with Gasteiger partial charge in [0.05, 0.1) is 20.3 Å². The Kier molecular flexibility index (Phi) is 3.39. The molecule has 100 valence electrons. The van der Waals surface area contributed by atoms with E-state index in [9.17, 15) is 0 Å². The first-order chi connectivity index (χ1) is 8.51. The highest BCUT2D eigenvalue weighted by Gasteiger charge is 2.43. The molecule has 0 heterocycles.